The van der Waals surface area contributed by atoms with Crippen molar-refractivity contribution < 1.29 is 0 Å². The van der Waals surface area contributed by atoms with Crippen molar-refractivity contribution >= 4 is 5.82 Å². The van der Waals surface area contributed by atoms with Crippen LogP contribution in [-0.4, -0.2) is 26.2 Å². The maximum absolute atomic E-state index is 4.45. The van der Waals surface area contributed by atoms with Crippen molar-refractivity contribution in [2.24, 2.45) is 0 Å². The highest BCUT2D eigenvalue weighted by Gasteiger charge is 2.20. The summed E-state index contributed by atoms with van der Waals surface area (Å²) in [7, 11) is 0. The molecule has 3 aromatic rings. The summed E-state index contributed by atoms with van der Waals surface area (Å²) in [5.74, 6) is 0.819. The molecule has 2 N–H and O–H groups in total. The number of hydrogen-bond donors (Lipinski definition) is 2. The van der Waals surface area contributed by atoms with Crippen molar-refractivity contribution in [1.29, 1.82) is 0 Å². The molecule has 2 aromatic heterocycles. The van der Waals surface area contributed by atoms with Crippen LogP contribution < -0.4 is 5.32 Å². The van der Waals surface area contributed by atoms with Crippen molar-refractivity contribution in [3.05, 3.63) is 60.2 Å². The van der Waals surface area contributed by atoms with Crippen LogP contribution in [0.4, 0.5) is 5.82 Å². The van der Waals surface area contributed by atoms with Gasteiger partial charge in [0.1, 0.15) is 5.82 Å². The van der Waals surface area contributed by atoms with E-state index in [1.165, 1.54) is 11.1 Å². The molecule has 0 bridgehead atoms. The largest absolute Gasteiger partial charge is 0.365 e. The Morgan fingerprint density at radius 3 is 2.43 bits per heavy atom. The number of rotatable bonds is 3. The lowest BCUT2D eigenvalue weighted by molar-refractivity contribution is 0.767. The van der Waals surface area contributed by atoms with Crippen LogP contribution in [-0.2, 0) is 12.8 Å². The van der Waals surface area contributed by atoms with Gasteiger partial charge in [0.15, 0.2) is 0 Å². The van der Waals surface area contributed by atoms with Gasteiger partial charge in [0, 0.05) is 17.8 Å². The molecule has 0 unspecified atom stereocenters. The minimum Gasteiger partial charge on any atom is -0.365 e. The van der Waals surface area contributed by atoms with E-state index in [0.29, 0.717) is 6.04 Å². The molecular formula is C16H15N5. The number of nitrogens with one attached hydrogen (secondary N) is 2. The first-order valence-electron chi connectivity index (χ1n) is 7.03. The Kier molecular flexibility index (Phi) is 2.88. The number of H-pyrrole nitrogens is 1. The van der Waals surface area contributed by atoms with Crippen molar-refractivity contribution in [3.8, 4) is 11.3 Å². The first-order valence-corrected chi connectivity index (χ1v) is 7.03. The average Bonchev–Trinajstić information content (AvgIpc) is 3.17. The monoisotopic (exact) mass is 277 g/mol. The molecule has 0 amide bonds. The van der Waals surface area contributed by atoms with Gasteiger partial charge in [-0.15, -0.1) is 0 Å². The van der Waals surface area contributed by atoms with Gasteiger partial charge in [-0.3, -0.25) is 10.1 Å². The minimum atomic E-state index is 0.400. The fourth-order valence-corrected chi connectivity index (χ4v) is 2.81. The molecule has 0 aliphatic heterocycles. The summed E-state index contributed by atoms with van der Waals surface area (Å²) in [5, 5.41) is 10.2. The van der Waals surface area contributed by atoms with Crippen molar-refractivity contribution in [2.75, 3.05) is 5.32 Å². The number of aromatic nitrogens is 4. The zero-order valence-corrected chi connectivity index (χ0v) is 11.5. The lowest BCUT2D eigenvalue weighted by atomic mass is 10.1. The number of hydrogen-bond acceptors (Lipinski definition) is 4. The molecular weight excluding hydrogens is 262 g/mol. The maximum atomic E-state index is 4.45. The molecule has 1 aromatic carbocycles. The summed E-state index contributed by atoms with van der Waals surface area (Å²) in [6.07, 6.45) is 9.19. The molecule has 0 fully saturated rings. The van der Waals surface area contributed by atoms with E-state index in [2.05, 4.69) is 49.7 Å². The van der Waals surface area contributed by atoms with Gasteiger partial charge in [0.2, 0.25) is 0 Å². The molecule has 1 aliphatic rings. The van der Waals surface area contributed by atoms with Crippen molar-refractivity contribution in [1.82, 2.24) is 20.2 Å². The Balaban J connectivity index is 1.47. The van der Waals surface area contributed by atoms with Gasteiger partial charge >= 0.3 is 0 Å². The smallest absolute Gasteiger partial charge is 0.144 e. The Labute approximate surface area is 122 Å². The standard InChI is InChI=1S/C16H15N5/c1-2-4-12-6-14(5-11(12)3-1)21-16-10-17-15(9-18-16)13-7-19-20-8-13/h1-4,7-10,14H,5-6H2,(H,18,21)(H,19,20). The van der Waals surface area contributed by atoms with Crippen molar-refractivity contribution in [3.63, 3.8) is 0 Å². The van der Waals surface area contributed by atoms with E-state index < -0.39 is 0 Å². The van der Waals surface area contributed by atoms with Gasteiger partial charge in [-0.05, 0) is 24.0 Å². The van der Waals surface area contributed by atoms with Crippen LogP contribution in [0.1, 0.15) is 11.1 Å². The molecule has 21 heavy (non-hydrogen) atoms. The Bertz CT molecular complexity index is 709. The number of nitrogens with zero attached hydrogens (tertiary/aromatic N) is 3. The second-order valence-electron chi connectivity index (χ2n) is 5.29. The van der Waals surface area contributed by atoms with E-state index in [1.54, 1.807) is 18.6 Å². The second kappa shape index (κ2) is 5.01. The third kappa shape index (κ3) is 2.38. The van der Waals surface area contributed by atoms with Gasteiger partial charge in [0.25, 0.3) is 0 Å². The van der Waals surface area contributed by atoms with Crippen LogP contribution in [0, 0.1) is 0 Å². The Hall–Kier alpha value is -2.69. The van der Waals surface area contributed by atoms with Gasteiger partial charge < -0.3 is 5.32 Å². The topological polar surface area (TPSA) is 66.5 Å². The van der Waals surface area contributed by atoms with Crippen LogP contribution >= 0.6 is 0 Å². The first kappa shape index (κ1) is 12.1. The molecule has 4 rings (SSSR count). The highest BCUT2D eigenvalue weighted by atomic mass is 15.1. The normalized spacial score (nSPS) is 14.1. The zero-order valence-electron chi connectivity index (χ0n) is 11.5. The van der Waals surface area contributed by atoms with Crippen LogP contribution in [0.15, 0.2) is 49.1 Å². The fourth-order valence-electron chi connectivity index (χ4n) is 2.81. The molecule has 0 radical (unpaired) electrons. The Morgan fingerprint density at radius 2 is 1.81 bits per heavy atom. The number of fused-ring (bicyclic) bond motifs is 1. The minimum absolute atomic E-state index is 0.400. The number of benzene rings is 1. The SMILES string of the molecule is c1ccc2c(c1)CC(Nc1cnc(-c3cn[nH]c3)cn1)C2. The summed E-state index contributed by atoms with van der Waals surface area (Å²) in [6.45, 7) is 0. The lowest BCUT2D eigenvalue weighted by Gasteiger charge is -2.12. The highest BCUT2D eigenvalue weighted by molar-refractivity contribution is 5.56. The third-order valence-electron chi connectivity index (χ3n) is 3.85. The summed E-state index contributed by atoms with van der Waals surface area (Å²) >= 11 is 0. The maximum Gasteiger partial charge on any atom is 0.144 e. The fraction of sp³-hybridized carbons (Fsp3) is 0.188. The average molecular weight is 277 g/mol. The molecule has 1 aliphatic carbocycles. The van der Waals surface area contributed by atoms with Crippen LogP contribution in [0.25, 0.3) is 11.3 Å². The van der Waals surface area contributed by atoms with E-state index in [1.807, 2.05) is 6.20 Å². The summed E-state index contributed by atoms with van der Waals surface area (Å²) in [4.78, 5) is 8.87. The molecule has 0 spiro atoms. The molecule has 5 heteroatoms. The van der Waals surface area contributed by atoms with E-state index in [-0.39, 0.29) is 0 Å². The van der Waals surface area contributed by atoms with Gasteiger partial charge in [-0.25, -0.2) is 4.98 Å². The van der Waals surface area contributed by atoms with E-state index in [0.717, 1.165) is 29.9 Å². The summed E-state index contributed by atoms with van der Waals surface area (Å²) in [5.41, 5.74) is 4.63. The van der Waals surface area contributed by atoms with E-state index in [9.17, 15) is 0 Å². The first-order chi connectivity index (χ1) is 10.4. The molecule has 5 nitrogen and oxygen atoms in total. The second-order valence-corrected chi connectivity index (χ2v) is 5.29. The number of anilines is 1. The van der Waals surface area contributed by atoms with Gasteiger partial charge in [0.05, 0.1) is 24.3 Å². The molecule has 0 saturated heterocycles. The van der Waals surface area contributed by atoms with Crippen LogP contribution in [0.2, 0.25) is 0 Å². The van der Waals surface area contributed by atoms with E-state index >= 15 is 0 Å². The third-order valence-corrected chi connectivity index (χ3v) is 3.85. The van der Waals surface area contributed by atoms with E-state index in [4.69, 9.17) is 0 Å². The molecule has 0 atom stereocenters. The van der Waals surface area contributed by atoms with Gasteiger partial charge in [-0.2, -0.15) is 5.10 Å². The van der Waals surface area contributed by atoms with Crippen LogP contribution in [0.3, 0.4) is 0 Å². The molecule has 104 valence electrons. The summed E-state index contributed by atoms with van der Waals surface area (Å²) in [6, 6.07) is 8.99. The predicted octanol–water partition coefficient (Wildman–Crippen LogP) is 2.45. The number of aromatic amines is 1. The predicted molar refractivity (Wildman–Crippen MR) is 80.9 cm³/mol. The highest BCUT2D eigenvalue weighted by Crippen LogP contribution is 2.24. The summed E-state index contributed by atoms with van der Waals surface area (Å²) < 4.78 is 0. The Morgan fingerprint density at radius 1 is 1.00 bits per heavy atom. The van der Waals surface area contributed by atoms with Crippen molar-refractivity contribution in [2.45, 2.75) is 18.9 Å². The van der Waals surface area contributed by atoms with Crippen LogP contribution in [0.5, 0.6) is 0 Å². The quantitative estimate of drug-likeness (QED) is 0.771. The molecule has 2 heterocycles. The zero-order chi connectivity index (χ0) is 14.1. The lowest BCUT2D eigenvalue weighted by Crippen LogP contribution is -2.20. The molecule has 0 saturated carbocycles. The van der Waals surface area contributed by atoms with Gasteiger partial charge in [-0.1, -0.05) is 24.3 Å².